The van der Waals surface area contributed by atoms with Gasteiger partial charge in [-0.15, -0.1) is 5.10 Å². The number of ether oxygens (including phenoxy) is 1. The highest BCUT2D eigenvalue weighted by Gasteiger charge is 2.12. The zero-order valence-electron chi connectivity index (χ0n) is 13.4. The van der Waals surface area contributed by atoms with Gasteiger partial charge in [-0.1, -0.05) is 24.3 Å². The number of carbonyl (C=O) groups is 1. The standard InChI is InChI=1S/C18H15N5O2/c24-17(15-12-19-11-13-5-1-2-6-14(13)15)25-10-3-7-16-21-18-20-8-4-9-23(18)22-16/h1-2,4-6,8-9,11-12H,3,7,10H2. The zero-order valence-corrected chi connectivity index (χ0v) is 13.4. The van der Waals surface area contributed by atoms with Crippen molar-refractivity contribution in [1.29, 1.82) is 0 Å². The van der Waals surface area contributed by atoms with Gasteiger partial charge in [-0.2, -0.15) is 4.98 Å². The molecule has 3 heterocycles. The van der Waals surface area contributed by atoms with Gasteiger partial charge < -0.3 is 4.74 Å². The van der Waals surface area contributed by atoms with Gasteiger partial charge in [-0.3, -0.25) is 4.98 Å². The van der Waals surface area contributed by atoms with Crippen LogP contribution in [0.1, 0.15) is 22.6 Å². The first kappa shape index (κ1) is 15.2. The van der Waals surface area contributed by atoms with Crippen LogP contribution in [0.2, 0.25) is 0 Å². The molecule has 4 rings (SSSR count). The summed E-state index contributed by atoms with van der Waals surface area (Å²) in [4.78, 5) is 24.8. The lowest BCUT2D eigenvalue weighted by atomic mass is 10.1. The maximum Gasteiger partial charge on any atom is 0.340 e. The second-order valence-corrected chi connectivity index (χ2v) is 5.54. The second-order valence-electron chi connectivity index (χ2n) is 5.54. The van der Waals surface area contributed by atoms with E-state index < -0.39 is 0 Å². The van der Waals surface area contributed by atoms with Gasteiger partial charge in [0, 0.05) is 36.6 Å². The van der Waals surface area contributed by atoms with Crippen LogP contribution in [0.5, 0.6) is 0 Å². The molecule has 1 aromatic carbocycles. The van der Waals surface area contributed by atoms with E-state index in [1.54, 1.807) is 35.4 Å². The summed E-state index contributed by atoms with van der Waals surface area (Å²) in [7, 11) is 0. The van der Waals surface area contributed by atoms with Crippen molar-refractivity contribution < 1.29 is 9.53 Å². The molecule has 7 heteroatoms. The Morgan fingerprint density at radius 1 is 1.16 bits per heavy atom. The van der Waals surface area contributed by atoms with Crippen LogP contribution < -0.4 is 0 Å². The largest absolute Gasteiger partial charge is 0.462 e. The summed E-state index contributed by atoms with van der Waals surface area (Å²) in [6, 6.07) is 9.41. The van der Waals surface area contributed by atoms with Crippen molar-refractivity contribution in [3.8, 4) is 0 Å². The first-order valence-corrected chi connectivity index (χ1v) is 7.97. The van der Waals surface area contributed by atoms with E-state index in [2.05, 4.69) is 20.1 Å². The Morgan fingerprint density at radius 3 is 3.00 bits per heavy atom. The Hall–Kier alpha value is -3.35. The Labute approximate surface area is 143 Å². The van der Waals surface area contributed by atoms with E-state index >= 15 is 0 Å². The molecule has 0 N–H and O–H groups in total. The van der Waals surface area contributed by atoms with E-state index in [0.717, 1.165) is 10.8 Å². The van der Waals surface area contributed by atoms with E-state index in [1.807, 2.05) is 24.3 Å². The summed E-state index contributed by atoms with van der Waals surface area (Å²) in [6.45, 7) is 0.297. The fourth-order valence-electron chi connectivity index (χ4n) is 2.63. The van der Waals surface area contributed by atoms with E-state index in [0.29, 0.717) is 36.6 Å². The van der Waals surface area contributed by atoms with Crippen molar-refractivity contribution in [2.45, 2.75) is 12.8 Å². The van der Waals surface area contributed by atoms with Gasteiger partial charge in [0.25, 0.3) is 5.78 Å². The van der Waals surface area contributed by atoms with Gasteiger partial charge in [-0.05, 0) is 17.9 Å². The summed E-state index contributed by atoms with van der Waals surface area (Å²) >= 11 is 0. The van der Waals surface area contributed by atoms with Gasteiger partial charge in [0.15, 0.2) is 5.82 Å². The van der Waals surface area contributed by atoms with E-state index in [9.17, 15) is 4.79 Å². The number of hydrogen-bond acceptors (Lipinski definition) is 6. The molecular weight excluding hydrogens is 318 g/mol. The molecule has 124 valence electrons. The molecule has 0 aliphatic heterocycles. The lowest BCUT2D eigenvalue weighted by Crippen LogP contribution is -2.08. The van der Waals surface area contributed by atoms with Crippen LogP contribution in [-0.2, 0) is 11.2 Å². The number of aryl methyl sites for hydroxylation is 1. The van der Waals surface area contributed by atoms with Crippen LogP contribution in [0.4, 0.5) is 0 Å². The topological polar surface area (TPSA) is 82.3 Å². The van der Waals surface area contributed by atoms with Crippen molar-refractivity contribution in [2.75, 3.05) is 6.61 Å². The Balaban J connectivity index is 1.37. The number of hydrogen-bond donors (Lipinski definition) is 0. The number of aromatic nitrogens is 5. The molecule has 0 atom stereocenters. The second kappa shape index (κ2) is 6.64. The van der Waals surface area contributed by atoms with Crippen LogP contribution in [0.25, 0.3) is 16.6 Å². The Kier molecular flexibility index (Phi) is 4.04. The number of benzene rings is 1. The van der Waals surface area contributed by atoms with Crippen molar-refractivity contribution in [2.24, 2.45) is 0 Å². The first-order valence-electron chi connectivity index (χ1n) is 7.97. The summed E-state index contributed by atoms with van der Waals surface area (Å²) in [6.07, 6.45) is 8.00. The number of nitrogens with zero attached hydrogens (tertiary/aromatic N) is 5. The number of rotatable bonds is 5. The van der Waals surface area contributed by atoms with Crippen LogP contribution in [0.15, 0.2) is 55.1 Å². The Bertz CT molecular complexity index is 1010. The van der Waals surface area contributed by atoms with E-state index in [4.69, 9.17) is 4.74 Å². The maximum atomic E-state index is 12.3. The minimum absolute atomic E-state index is 0.297. The lowest BCUT2D eigenvalue weighted by Gasteiger charge is -2.06. The normalized spacial score (nSPS) is 11.0. The van der Waals surface area contributed by atoms with Gasteiger partial charge in [-0.25, -0.2) is 14.3 Å². The number of esters is 1. The SMILES string of the molecule is O=C(OCCCc1nc2ncccn2n1)c1cncc2ccccc12. The number of fused-ring (bicyclic) bond motifs is 2. The van der Waals surface area contributed by atoms with Crippen molar-refractivity contribution >= 4 is 22.5 Å². The van der Waals surface area contributed by atoms with Crippen LogP contribution in [0, 0.1) is 0 Å². The average Bonchev–Trinajstić information content (AvgIpc) is 3.07. The summed E-state index contributed by atoms with van der Waals surface area (Å²) < 4.78 is 7.00. The molecule has 4 aromatic rings. The summed E-state index contributed by atoms with van der Waals surface area (Å²) in [5, 5.41) is 6.08. The van der Waals surface area contributed by atoms with Crippen LogP contribution in [0.3, 0.4) is 0 Å². The molecule has 0 spiro atoms. The van der Waals surface area contributed by atoms with Gasteiger partial charge in [0.05, 0.1) is 12.2 Å². The molecule has 0 aliphatic carbocycles. The van der Waals surface area contributed by atoms with Gasteiger partial charge in [0.2, 0.25) is 0 Å². The molecule has 0 bridgehead atoms. The molecule has 7 nitrogen and oxygen atoms in total. The molecule has 0 fully saturated rings. The number of pyridine rings is 1. The highest BCUT2D eigenvalue weighted by Crippen LogP contribution is 2.17. The molecule has 0 saturated carbocycles. The van der Waals surface area contributed by atoms with E-state index in [1.165, 1.54) is 0 Å². The molecule has 0 radical (unpaired) electrons. The van der Waals surface area contributed by atoms with Crippen LogP contribution in [-0.4, -0.2) is 37.1 Å². The molecule has 25 heavy (non-hydrogen) atoms. The zero-order chi connectivity index (χ0) is 17.1. The molecular formula is C18H15N5O2. The lowest BCUT2D eigenvalue weighted by molar-refractivity contribution is 0.0502. The van der Waals surface area contributed by atoms with Crippen molar-refractivity contribution in [3.63, 3.8) is 0 Å². The molecule has 0 unspecified atom stereocenters. The highest BCUT2D eigenvalue weighted by atomic mass is 16.5. The third-order valence-corrected chi connectivity index (χ3v) is 3.83. The van der Waals surface area contributed by atoms with Crippen molar-refractivity contribution in [3.05, 3.63) is 66.5 Å². The van der Waals surface area contributed by atoms with Crippen LogP contribution >= 0.6 is 0 Å². The average molecular weight is 333 g/mol. The number of carbonyl (C=O) groups excluding carboxylic acids is 1. The smallest absolute Gasteiger partial charge is 0.340 e. The third kappa shape index (κ3) is 3.16. The van der Waals surface area contributed by atoms with Gasteiger partial charge in [0.1, 0.15) is 0 Å². The fourth-order valence-corrected chi connectivity index (χ4v) is 2.63. The molecule has 0 saturated heterocycles. The quantitative estimate of drug-likeness (QED) is 0.412. The predicted molar refractivity (Wildman–Crippen MR) is 91.1 cm³/mol. The Morgan fingerprint density at radius 2 is 2.08 bits per heavy atom. The third-order valence-electron chi connectivity index (χ3n) is 3.83. The summed E-state index contributed by atoms with van der Waals surface area (Å²) in [5.74, 6) is 0.881. The fraction of sp³-hybridized carbons (Fsp3) is 0.167. The maximum absolute atomic E-state index is 12.3. The van der Waals surface area contributed by atoms with Crippen molar-refractivity contribution in [1.82, 2.24) is 24.6 Å². The predicted octanol–water partition coefficient (Wildman–Crippen LogP) is 2.46. The molecule has 0 amide bonds. The molecule has 3 aromatic heterocycles. The van der Waals surface area contributed by atoms with E-state index in [-0.39, 0.29) is 5.97 Å². The summed E-state index contributed by atoms with van der Waals surface area (Å²) in [5.41, 5.74) is 0.480. The van der Waals surface area contributed by atoms with Gasteiger partial charge >= 0.3 is 5.97 Å². The minimum Gasteiger partial charge on any atom is -0.462 e. The highest BCUT2D eigenvalue weighted by molar-refractivity contribution is 6.03. The minimum atomic E-state index is -0.367. The monoisotopic (exact) mass is 333 g/mol. The first-order chi connectivity index (χ1) is 12.3. The molecule has 0 aliphatic rings.